The van der Waals surface area contributed by atoms with Gasteiger partial charge in [-0.05, 0) is 92.7 Å². The maximum atomic E-state index is 6.70. The molecule has 0 fully saturated rings. The molecule has 0 saturated heterocycles. The summed E-state index contributed by atoms with van der Waals surface area (Å²) in [5.74, 6) is 1.34. The second-order valence-corrected chi connectivity index (χ2v) is 14.3. The Balaban J connectivity index is 1.34. The third-order valence-electron chi connectivity index (χ3n) is 8.78. The second-order valence-electron chi connectivity index (χ2n) is 14.3. The van der Waals surface area contributed by atoms with Crippen molar-refractivity contribution in [1.29, 1.82) is 0 Å². The van der Waals surface area contributed by atoms with Gasteiger partial charge in [0.2, 0.25) is 5.88 Å². The van der Waals surface area contributed by atoms with Gasteiger partial charge in [-0.3, -0.25) is 0 Å². The molecule has 0 spiro atoms. The van der Waals surface area contributed by atoms with E-state index >= 15 is 0 Å². The van der Waals surface area contributed by atoms with Crippen molar-refractivity contribution < 1.29 is 4.74 Å². The van der Waals surface area contributed by atoms with Crippen LogP contribution in [0.2, 0.25) is 0 Å². The first-order valence-corrected chi connectivity index (χ1v) is 16.0. The fourth-order valence-corrected chi connectivity index (χ4v) is 6.06. The van der Waals surface area contributed by atoms with E-state index in [2.05, 4.69) is 162 Å². The zero-order valence-electron chi connectivity index (χ0n) is 27.5. The predicted octanol–water partition coefficient (Wildman–Crippen LogP) is 12.1. The molecule has 1 N–H and O–H groups in total. The zero-order valence-corrected chi connectivity index (χ0v) is 27.5. The van der Waals surface area contributed by atoms with Crippen LogP contribution in [0.1, 0.15) is 52.7 Å². The Kier molecular flexibility index (Phi) is 7.28. The number of fused-ring (bicyclic) bond motifs is 3. The minimum Gasteiger partial charge on any atom is -0.437 e. The third-order valence-corrected chi connectivity index (χ3v) is 8.78. The Morgan fingerprint density at radius 3 is 1.70 bits per heavy atom. The number of aromatic amines is 1. The third kappa shape index (κ3) is 5.81. The molecular formula is C43H40N2O. The van der Waals surface area contributed by atoms with Crippen LogP contribution in [-0.4, -0.2) is 9.97 Å². The lowest BCUT2D eigenvalue weighted by Crippen LogP contribution is -2.11. The van der Waals surface area contributed by atoms with Crippen LogP contribution in [0.3, 0.4) is 0 Å². The maximum Gasteiger partial charge on any atom is 0.219 e. The standard InChI is InChI=1S/C43H40N2O/c1-42(2,3)33-20-21-38-35(25-33)36-26-34(43(4,5)6)27-39(41(36)45-38)46-40-19-13-18-37(44-40)32-23-30(28-14-9-7-10-15-28)22-31(24-32)29-16-11-8-12-17-29/h7-27,45H,1-6H3. The van der Waals surface area contributed by atoms with Crippen molar-refractivity contribution in [2.45, 2.75) is 52.4 Å². The molecule has 0 aliphatic carbocycles. The van der Waals surface area contributed by atoms with E-state index in [1.807, 2.05) is 12.1 Å². The molecule has 0 unspecified atom stereocenters. The second kappa shape index (κ2) is 11.3. The van der Waals surface area contributed by atoms with E-state index in [0.29, 0.717) is 5.88 Å². The highest BCUT2D eigenvalue weighted by Gasteiger charge is 2.21. The van der Waals surface area contributed by atoms with E-state index in [0.717, 1.165) is 39.2 Å². The van der Waals surface area contributed by atoms with Crippen molar-refractivity contribution in [3.05, 3.63) is 139 Å². The van der Waals surface area contributed by atoms with E-state index in [-0.39, 0.29) is 10.8 Å². The molecule has 3 nitrogen and oxygen atoms in total. The van der Waals surface area contributed by atoms with E-state index in [1.54, 1.807) is 0 Å². The van der Waals surface area contributed by atoms with Gasteiger partial charge in [-0.25, -0.2) is 4.98 Å². The normalized spacial score (nSPS) is 12.1. The lowest BCUT2D eigenvalue weighted by molar-refractivity contribution is 0.465. The van der Waals surface area contributed by atoms with E-state index in [9.17, 15) is 0 Å². The monoisotopic (exact) mass is 600 g/mol. The van der Waals surface area contributed by atoms with Crippen molar-refractivity contribution in [3.63, 3.8) is 0 Å². The fourth-order valence-electron chi connectivity index (χ4n) is 6.06. The average molecular weight is 601 g/mol. The van der Waals surface area contributed by atoms with Crippen molar-refractivity contribution >= 4 is 21.8 Å². The number of aromatic nitrogens is 2. The van der Waals surface area contributed by atoms with Gasteiger partial charge >= 0.3 is 0 Å². The van der Waals surface area contributed by atoms with Gasteiger partial charge in [0.05, 0.1) is 11.2 Å². The van der Waals surface area contributed by atoms with Crippen molar-refractivity contribution in [1.82, 2.24) is 9.97 Å². The topological polar surface area (TPSA) is 37.9 Å². The van der Waals surface area contributed by atoms with Crippen molar-refractivity contribution in [3.8, 4) is 45.1 Å². The lowest BCUT2D eigenvalue weighted by atomic mass is 9.85. The highest BCUT2D eigenvalue weighted by atomic mass is 16.5. The molecule has 5 aromatic carbocycles. The Labute approximate surface area is 271 Å². The van der Waals surface area contributed by atoms with Gasteiger partial charge in [0.15, 0.2) is 5.75 Å². The van der Waals surface area contributed by atoms with E-state index in [1.165, 1.54) is 33.0 Å². The smallest absolute Gasteiger partial charge is 0.219 e. The summed E-state index contributed by atoms with van der Waals surface area (Å²) in [4.78, 5) is 8.74. The van der Waals surface area contributed by atoms with Crippen molar-refractivity contribution in [2.75, 3.05) is 0 Å². The molecule has 7 rings (SSSR count). The number of hydrogen-bond donors (Lipinski definition) is 1. The molecule has 0 bridgehead atoms. The van der Waals surface area contributed by atoms with Gasteiger partial charge in [0.1, 0.15) is 0 Å². The molecule has 0 aliphatic heterocycles. The number of hydrogen-bond acceptors (Lipinski definition) is 2. The minimum atomic E-state index is -0.0570. The summed E-state index contributed by atoms with van der Waals surface area (Å²) in [6.45, 7) is 13.5. The Morgan fingerprint density at radius 1 is 0.500 bits per heavy atom. The lowest BCUT2D eigenvalue weighted by Gasteiger charge is -2.21. The fraction of sp³-hybridized carbons (Fsp3) is 0.186. The Bertz CT molecular complexity index is 2120. The van der Waals surface area contributed by atoms with Gasteiger partial charge < -0.3 is 9.72 Å². The minimum absolute atomic E-state index is 0.0568. The number of nitrogens with one attached hydrogen (secondary N) is 1. The van der Waals surface area contributed by atoms with E-state index < -0.39 is 0 Å². The van der Waals surface area contributed by atoms with Crippen LogP contribution in [0.5, 0.6) is 11.6 Å². The van der Waals surface area contributed by atoms with Crippen LogP contribution in [0.4, 0.5) is 0 Å². The molecule has 0 saturated carbocycles. The summed E-state index contributed by atoms with van der Waals surface area (Å²) in [5, 5.41) is 2.38. The first-order valence-electron chi connectivity index (χ1n) is 16.0. The first-order chi connectivity index (χ1) is 22.0. The van der Waals surface area contributed by atoms with Crippen LogP contribution in [-0.2, 0) is 10.8 Å². The van der Waals surface area contributed by atoms with Gasteiger partial charge in [-0.15, -0.1) is 0 Å². The van der Waals surface area contributed by atoms with Crippen molar-refractivity contribution in [2.24, 2.45) is 0 Å². The van der Waals surface area contributed by atoms with Crippen LogP contribution in [0.15, 0.2) is 127 Å². The quantitative estimate of drug-likeness (QED) is 0.213. The van der Waals surface area contributed by atoms with Gasteiger partial charge in [-0.1, -0.05) is 114 Å². The van der Waals surface area contributed by atoms with Gasteiger partial charge in [0.25, 0.3) is 0 Å². The number of H-pyrrole nitrogens is 1. The van der Waals surface area contributed by atoms with Crippen LogP contribution >= 0.6 is 0 Å². The Morgan fingerprint density at radius 2 is 1.09 bits per heavy atom. The highest BCUT2D eigenvalue weighted by Crippen LogP contribution is 2.40. The maximum absolute atomic E-state index is 6.70. The average Bonchev–Trinajstić information content (AvgIpc) is 3.43. The molecule has 228 valence electrons. The zero-order chi connectivity index (χ0) is 32.1. The molecule has 0 amide bonds. The molecule has 3 heteroatoms. The number of benzene rings is 5. The largest absolute Gasteiger partial charge is 0.437 e. The van der Waals surface area contributed by atoms with Gasteiger partial charge in [0, 0.05) is 27.9 Å². The molecule has 0 radical (unpaired) electrons. The summed E-state index contributed by atoms with van der Waals surface area (Å²) in [5.41, 5.74) is 11.2. The summed E-state index contributed by atoms with van der Waals surface area (Å²) in [7, 11) is 0. The van der Waals surface area contributed by atoms with Crippen LogP contribution in [0, 0.1) is 0 Å². The molecular weight excluding hydrogens is 560 g/mol. The van der Waals surface area contributed by atoms with Crippen LogP contribution in [0.25, 0.3) is 55.3 Å². The summed E-state index contributed by atoms with van der Waals surface area (Å²) >= 11 is 0. The number of ether oxygens (including phenoxy) is 1. The Hall–Kier alpha value is -5.15. The first kappa shape index (κ1) is 29.6. The van der Waals surface area contributed by atoms with Gasteiger partial charge in [-0.2, -0.15) is 0 Å². The number of rotatable bonds is 5. The summed E-state index contributed by atoms with van der Waals surface area (Å²) in [6, 6.07) is 45.0. The SMILES string of the molecule is CC(C)(C)c1ccc2[nH]c3c(Oc4cccc(-c5cc(-c6ccccc6)cc(-c6ccccc6)c5)n4)cc(C(C)(C)C)cc3c2c1. The van der Waals surface area contributed by atoms with Crippen LogP contribution < -0.4 is 4.74 Å². The number of nitrogens with zero attached hydrogens (tertiary/aromatic N) is 1. The predicted molar refractivity (Wildman–Crippen MR) is 194 cm³/mol. The highest BCUT2D eigenvalue weighted by molar-refractivity contribution is 6.10. The molecule has 2 aromatic heterocycles. The number of pyridine rings is 1. The molecule has 46 heavy (non-hydrogen) atoms. The van der Waals surface area contributed by atoms with E-state index in [4.69, 9.17) is 9.72 Å². The molecule has 2 heterocycles. The summed E-state index contributed by atoms with van der Waals surface area (Å²) in [6.07, 6.45) is 0. The molecule has 7 aromatic rings. The summed E-state index contributed by atoms with van der Waals surface area (Å²) < 4.78 is 6.70. The molecule has 0 atom stereocenters. The molecule has 0 aliphatic rings.